The molecule has 30 heavy (non-hydrogen) atoms. The van der Waals surface area contributed by atoms with Crippen LogP contribution in [0.2, 0.25) is 0 Å². The Kier molecular flexibility index (Phi) is 5.95. The Hall–Kier alpha value is -3.38. The molecule has 0 unspecified atom stereocenters. The number of hydrogen-bond acceptors (Lipinski definition) is 4. The number of ether oxygens (including phenoxy) is 1. The predicted molar refractivity (Wildman–Crippen MR) is 113 cm³/mol. The van der Waals surface area contributed by atoms with E-state index in [1.807, 2.05) is 48.5 Å². The van der Waals surface area contributed by atoms with E-state index in [0.717, 1.165) is 11.1 Å². The Morgan fingerprint density at radius 1 is 0.933 bits per heavy atom. The highest BCUT2D eigenvalue weighted by atomic mass is 16.5. The third-order valence-corrected chi connectivity index (χ3v) is 5.49. The van der Waals surface area contributed by atoms with Crippen molar-refractivity contribution < 1.29 is 18.7 Å². The maximum atomic E-state index is 13.3. The summed E-state index contributed by atoms with van der Waals surface area (Å²) >= 11 is 0. The summed E-state index contributed by atoms with van der Waals surface area (Å²) in [5, 5.41) is 5.90. The van der Waals surface area contributed by atoms with Gasteiger partial charge in [-0.05, 0) is 48.2 Å². The summed E-state index contributed by atoms with van der Waals surface area (Å²) in [6, 6.07) is 20.6. The lowest BCUT2D eigenvalue weighted by molar-refractivity contribution is -0.130. The summed E-state index contributed by atoms with van der Waals surface area (Å²) in [6.07, 6.45) is 2.77. The normalized spacial score (nSPS) is 15.3. The molecule has 154 valence electrons. The van der Waals surface area contributed by atoms with E-state index >= 15 is 0 Å². The number of rotatable bonds is 6. The molecule has 1 aliphatic rings. The number of hydrogen-bond donors (Lipinski definition) is 2. The zero-order chi connectivity index (χ0) is 20.8. The van der Waals surface area contributed by atoms with Crippen molar-refractivity contribution in [3.63, 3.8) is 0 Å². The van der Waals surface area contributed by atoms with Crippen LogP contribution in [0.15, 0.2) is 77.4 Å². The van der Waals surface area contributed by atoms with Gasteiger partial charge in [0.1, 0.15) is 0 Å². The molecule has 1 aromatic heterocycles. The lowest BCUT2D eigenvalue weighted by atomic mass is 9.73. The summed E-state index contributed by atoms with van der Waals surface area (Å²) in [5.74, 6) is -0.0635. The molecule has 1 fully saturated rings. The minimum Gasteiger partial charge on any atom is -0.459 e. The number of benzene rings is 2. The number of amides is 2. The van der Waals surface area contributed by atoms with Crippen molar-refractivity contribution in [1.29, 1.82) is 0 Å². The molecule has 0 atom stereocenters. The maximum Gasteiger partial charge on any atom is 0.291 e. The van der Waals surface area contributed by atoms with Crippen molar-refractivity contribution in [2.45, 2.75) is 24.8 Å². The van der Waals surface area contributed by atoms with Crippen molar-refractivity contribution in [3.8, 4) is 0 Å². The van der Waals surface area contributed by atoms with E-state index in [1.165, 1.54) is 6.26 Å². The van der Waals surface area contributed by atoms with Crippen LogP contribution in [-0.2, 0) is 21.5 Å². The molecule has 2 N–H and O–H groups in total. The van der Waals surface area contributed by atoms with Crippen LogP contribution in [-0.4, -0.2) is 25.0 Å². The number of furan rings is 1. The Labute approximate surface area is 175 Å². The smallest absolute Gasteiger partial charge is 0.291 e. The molecule has 1 aliphatic heterocycles. The summed E-state index contributed by atoms with van der Waals surface area (Å²) in [5.41, 5.74) is 1.98. The van der Waals surface area contributed by atoms with Gasteiger partial charge < -0.3 is 19.8 Å². The molecule has 6 heteroatoms. The molecule has 0 saturated carbocycles. The molecule has 0 bridgehead atoms. The van der Waals surface area contributed by atoms with E-state index < -0.39 is 5.41 Å². The van der Waals surface area contributed by atoms with Gasteiger partial charge in [0.15, 0.2) is 5.76 Å². The predicted octanol–water partition coefficient (Wildman–Crippen LogP) is 3.90. The average molecular weight is 404 g/mol. The van der Waals surface area contributed by atoms with Gasteiger partial charge in [-0.25, -0.2) is 0 Å². The van der Waals surface area contributed by atoms with Crippen molar-refractivity contribution in [2.24, 2.45) is 0 Å². The summed E-state index contributed by atoms with van der Waals surface area (Å²) in [6.45, 7) is 1.51. The minimum absolute atomic E-state index is 0.00187. The van der Waals surface area contributed by atoms with Crippen LogP contribution in [0.25, 0.3) is 0 Å². The van der Waals surface area contributed by atoms with Crippen LogP contribution in [0.4, 0.5) is 5.69 Å². The topological polar surface area (TPSA) is 80.6 Å². The summed E-state index contributed by atoms with van der Waals surface area (Å²) < 4.78 is 10.6. The molecule has 3 aromatic rings. The first-order chi connectivity index (χ1) is 14.7. The first-order valence-corrected chi connectivity index (χ1v) is 10.0. The standard InChI is InChI=1S/C24H24N2O4/c27-22(21-10-5-13-30-21)26-20-9-4-6-18(16-20)17-25-23(28)24(11-14-29-15-12-24)19-7-2-1-3-8-19/h1-10,13,16H,11-12,14-15,17H2,(H,25,28)(H,26,27). The Balaban J connectivity index is 1.44. The maximum absolute atomic E-state index is 13.3. The van der Waals surface area contributed by atoms with Gasteiger partial charge >= 0.3 is 0 Å². The quantitative estimate of drug-likeness (QED) is 0.653. The van der Waals surface area contributed by atoms with Gasteiger partial charge in [-0.15, -0.1) is 0 Å². The van der Waals surface area contributed by atoms with Crippen molar-refractivity contribution in [1.82, 2.24) is 5.32 Å². The third-order valence-electron chi connectivity index (χ3n) is 5.49. The summed E-state index contributed by atoms with van der Waals surface area (Å²) in [7, 11) is 0. The van der Waals surface area contributed by atoms with Gasteiger partial charge in [0, 0.05) is 25.4 Å². The van der Waals surface area contributed by atoms with Crippen LogP contribution >= 0.6 is 0 Å². The second kappa shape index (κ2) is 8.97. The molecule has 0 spiro atoms. The third kappa shape index (κ3) is 4.28. The second-order valence-corrected chi connectivity index (χ2v) is 7.37. The average Bonchev–Trinajstić information content (AvgIpc) is 3.34. The second-order valence-electron chi connectivity index (χ2n) is 7.37. The summed E-state index contributed by atoms with van der Waals surface area (Å²) in [4.78, 5) is 25.4. The first kappa shape index (κ1) is 19.9. The van der Waals surface area contributed by atoms with E-state index in [2.05, 4.69) is 10.6 Å². The molecule has 6 nitrogen and oxygen atoms in total. The largest absolute Gasteiger partial charge is 0.459 e. The molecule has 2 amide bonds. The molecule has 2 heterocycles. The van der Waals surface area contributed by atoms with E-state index in [0.29, 0.717) is 38.3 Å². The molecule has 1 saturated heterocycles. The number of carbonyl (C=O) groups is 2. The molecule has 2 aromatic carbocycles. The zero-order valence-electron chi connectivity index (χ0n) is 16.6. The van der Waals surface area contributed by atoms with Crippen molar-refractivity contribution >= 4 is 17.5 Å². The van der Waals surface area contributed by atoms with Gasteiger partial charge in [-0.1, -0.05) is 42.5 Å². The highest BCUT2D eigenvalue weighted by Gasteiger charge is 2.41. The monoisotopic (exact) mass is 404 g/mol. The fraction of sp³-hybridized carbons (Fsp3) is 0.250. The van der Waals surface area contributed by atoms with Gasteiger partial charge in [0.25, 0.3) is 5.91 Å². The van der Waals surface area contributed by atoms with Crippen LogP contribution in [0.5, 0.6) is 0 Å². The molecular formula is C24H24N2O4. The van der Waals surface area contributed by atoms with Crippen LogP contribution in [0, 0.1) is 0 Å². The van der Waals surface area contributed by atoms with Gasteiger partial charge in [0.05, 0.1) is 11.7 Å². The lowest BCUT2D eigenvalue weighted by Gasteiger charge is -2.36. The number of carbonyl (C=O) groups excluding carboxylic acids is 2. The van der Waals surface area contributed by atoms with Crippen LogP contribution in [0.1, 0.15) is 34.5 Å². The van der Waals surface area contributed by atoms with Crippen LogP contribution < -0.4 is 10.6 Å². The highest BCUT2D eigenvalue weighted by Crippen LogP contribution is 2.35. The van der Waals surface area contributed by atoms with Gasteiger partial charge in [-0.2, -0.15) is 0 Å². The molecule has 0 radical (unpaired) electrons. The Morgan fingerprint density at radius 2 is 1.73 bits per heavy atom. The van der Waals surface area contributed by atoms with Crippen LogP contribution in [0.3, 0.4) is 0 Å². The Bertz CT molecular complexity index is 993. The fourth-order valence-corrected chi connectivity index (χ4v) is 3.83. The van der Waals surface area contributed by atoms with Gasteiger partial charge in [-0.3, -0.25) is 9.59 Å². The van der Waals surface area contributed by atoms with Crippen molar-refractivity contribution in [3.05, 3.63) is 89.9 Å². The van der Waals surface area contributed by atoms with Gasteiger partial charge in [0.2, 0.25) is 5.91 Å². The fourth-order valence-electron chi connectivity index (χ4n) is 3.83. The van der Waals surface area contributed by atoms with Crippen molar-refractivity contribution in [2.75, 3.05) is 18.5 Å². The van der Waals surface area contributed by atoms with E-state index in [9.17, 15) is 9.59 Å². The molecular weight excluding hydrogens is 380 g/mol. The zero-order valence-corrected chi connectivity index (χ0v) is 16.6. The van der Waals surface area contributed by atoms with E-state index in [1.54, 1.807) is 18.2 Å². The minimum atomic E-state index is -0.579. The van der Waals surface area contributed by atoms with E-state index in [4.69, 9.17) is 9.15 Å². The lowest BCUT2D eigenvalue weighted by Crippen LogP contribution is -2.47. The van der Waals surface area contributed by atoms with E-state index in [-0.39, 0.29) is 17.6 Å². The number of anilines is 1. The number of nitrogens with one attached hydrogen (secondary N) is 2. The Morgan fingerprint density at radius 3 is 2.47 bits per heavy atom. The SMILES string of the molecule is O=C(Nc1cccc(CNC(=O)C2(c3ccccc3)CCOCC2)c1)c1ccco1. The molecule has 0 aliphatic carbocycles. The highest BCUT2D eigenvalue weighted by molar-refractivity contribution is 6.02. The molecule has 4 rings (SSSR count). The first-order valence-electron chi connectivity index (χ1n) is 10.0.